The molecule has 0 fully saturated rings. The monoisotopic (exact) mass is 206 g/mol. The van der Waals surface area contributed by atoms with Crippen LogP contribution in [0.4, 0.5) is 5.69 Å². The van der Waals surface area contributed by atoms with Crippen LogP contribution >= 0.6 is 0 Å². The first-order valence-electron chi connectivity index (χ1n) is 4.24. The first kappa shape index (κ1) is 10.9. The summed E-state index contributed by atoms with van der Waals surface area (Å²) in [4.78, 5) is 10.9. The average Bonchev–Trinajstić information content (AvgIpc) is 2.25. The van der Waals surface area contributed by atoms with Gasteiger partial charge in [-0.1, -0.05) is 12.1 Å². The molecule has 0 heterocycles. The van der Waals surface area contributed by atoms with Crippen molar-refractivity contribution in [2.24, 2.45) is 0 Å². The highest BCUT2D eigenvalue weighted by Gasteiger charge is 2.05. The zero-order valence-electron chi connectivity index (χ0n) is 7.97. The third kappa shape index (κ3) is 3.56. The number of anilines is 1. The van der Waals surface area contributed by atoms with Gasteiger partial charge in [0, 0.05) is 0 Å². The molecule has 0 aromatic heterocycles. The molecule has 0 aliphatic rings. The Labute approximate surface area is 87.0 Å². The summed E-state index contributed by atoms with van der Waals surface area (Å²) in [5, 5.41) is 8.16. The molecule has 1 rings (SSSR count). The highest BCUT2D eigenvalue weighted by Crippen LogP contribution is 2.19. The van der Waals surface area contributed by atoms with Crippen molar-refractivity contribution in [2.45, 2.75) is 0 Å². The minimum atomic E-state index is -0.597. The smallest absolute Gasteiger partial charge is 0.345 e. The van der Waals surface area contributed by atoms with Crippen molar-refractivity contribution < 1.29 is 14.3 Å². The van der Waals surface area contributed by atoms with Gasteiger partial charge in [-0.25, -0.2) is 4.79 Å². The van der Waals surface area contributed by atoms with Crippen LogP contribution in [0.25, 0.3) is 0 Å². The molecule has 0 amide bonds. The number of ether oxygens (including phenoxy) is 2. The van der Waals surface area contributed by atoms with Gasteiger partial charge in [-0.05, 0) is 12.1 Å². The van der Waals surface area contributed by atoms with Crippen LogP contribution in [0.1, 0.15) is 0 Å². The van der Waals surface area contributed by atoms with E-state index in [9.17, 15) is 4.79 Å². The van der Waals surface area contributed by atoms with Gasteiger partial charge in [0.25, 0.3) is 0 Å². The fourth-order valence-electron chi connectivity index (χ4n) is 0.903. The Morgan fingerprint density at radius 1 is 1.47 bits per heavy atom. The van der Waals surface area contributed by atoms with Gasteiger partial charge < -0.3 is 15.2 Å². The van der Waals surface area contributed by atoms with E-state index in [2.05, 4.69) is 4.74 Å². The molecule has 15 heavy (non-hydrogen) atoms. The number of benzene rings is 1. The second kappa shape index (κ2) is 5.50. The Kier molecular flexibility index (Phi) is 3.98. The van der Waals surface area contributed by atoms with E-state index in [0.29, 0.717) is 11.4 Å². The Bertz CT molecular complexity index is 384. The van der Waals surface area contributed by atoms with Gasteiger partial charge in [-0.2, -0.15) is 5.26 Å². The summed E-state index contributed by atoms with van der Waals surface area (Å²) in [6.45, 7) is -0.525. The summed E-state index contributed by atoms with van der Waals surface area (Å²) in [6, 6.07) is 8.50. The van der Waals surface area contributed by atoms with E-state index in [4.69, 9.17) is 15.7 Å². The Morgan fingerprint density at radius 3 is 2.87 bits per heavy atom. The van der Waals surface area contributed by atoms with Gasteiger partial charge in [0.2, 0.25) is 0 Å². The lowest BCUT2D eigenvalue weighted by Crippen LogP contribution is -2.15. The van der Waals surface area contributed by atoms with Crippen LogP contribution in [-0.2, 0) is 9.53 Å². The minimum absolute atomic E-state index is 0.254. The molecule has 0 aliphatic heterocycles. The Balaban J connectivity index is 2.41. The van der Waals surface area contributed by atoms with Crippen molar-refractivity contribution in [3.05, 3.63) is 24.3 Å². The Hall–Kier alpha value is -2.22. The van der Waals surface area contributed by atoms with Crippen molar-refractivity contribution in [3.63, 3.8) is 0 Å². The molecule has 0 bridgehead atoms. The molecule has 78 valence electrons. The van der Waals surface area contributed by atoms with Gasteiger partial charge in [0.05, 0.1) is 5.69 Å². The third-order valence-electron chi connectivity index (χ3n) is 1.56. The van der Waals surface area contributed by atoms with Crippen LogP contribution in [0, 0.1) is 11.3 Å². The molecule has 0 radical (unpaired) electrons. The van der Waals surface area contributed by atoms with Gasteiger partial charge >= 0.3 is 5.97 Å². The van der Waals surface area contributed by atoms with Crippen LogP contribution in [0.3, 0.4) is 0 Å². The number of nitriles is 1. The molecule has 5 nitrogen and oxygen atoms in total. The van der Waals surface area contributed by atoms with E-state index in [1.165, 1.54) is 0 Å². The zero-order chi connectivity index (χ0) is 11.1. The average molecular weight is 206 g/mol. The lowest BCUT2D eigenvalue weighted by molar-refractivity contribution is -0.144. The first-order valence-corrected chi connectivity index (χ1v) is 4.24. The highest BCUT2D eigenvalue weighted by atomic mass is 16.6. The molecule has 0 unspecified atom stereocenters. The first-order chi connectivity index (χ1) is 7.24. The van der Waals surface area contributed by atoms with Crippen LogP contribution in [0.2, 0.25) is 0 Å². The number of nitrogen functional groups attached to an aromatic ring is 1. The molecule has 0 aliphatic carbocycles. The SMILES string of the molecule is N#CCOC(=O)COc1ccccc1N. The fourth-order valence-corrected chi connectivity index (χ4v) is 0.903. The second-order valence-electron chi connectivity index (χ2n) is 2.65. The molecule has 0 atom stereocenters. The standard InChI is InChI=1S/C10H10N2O3/c11-5-6-14-10(13)7-15-9-4-2-1-3-8(9)12/h1-4H,6-7,12H2. The summed E-state index contributed by atoms with van der Waals surface area (Å²) in [7, 11) is 0. The zero-order valence-corrected chi connectivity index (χ0v) is 7.97. The maximum atomic E-state index is 10.9. The number of rotatable bonds is 4. The lowest BCUT2D eigenvalue weighted by Gasteiger charge is -2.06. The van der Waals surface area contributed by atoms with Crippen LogP contribution in [-0.4, -0.2) is 19.2 Å². The van der Waals surface area contributed by atoms with Gasteiger partial charge in [-0.3, -0.25) is 0 Å². The predicted molar refractivity (Wildman–Crippen MR) is 52.9 cm³/mol. The van der Waals surface area contributed by atoms with E-state index in [0.717, 1.165) is 0 Å². The summed E-state index contributed by atoms with van der Waals surface area (Å²) >= 11 is 0. The number of nitrogens with two attached hydrogens (primary N) is 1. The second-order valence-corrected chi connectivity index (χ2v) is 2.65. The summed E-state index contributed by atoms with van der Waals surface area (Å²) in [6.07, 6.45) is 0. The van der Waals surface area contributed by atoms with E-state index >= 15 is 0 Å². The van der Waals surface area contributed by atoms with E-state index in [1.807, 2.05) is 0 Å². The summed E-state index contributed by atoms with van der Waals surface area (Å²) < 4.78 is 9.57. The van der Waals surface area contributed by atoms with Crippen molar-refractivity contribution in [3.8, 4) is 11.8 Å². The number of para-hydroxylation sites is 2. The topological polar surface area (TPSA) is 85.3 Å². The highest BCUT2D eigenvalue weighted by molar-refractivity contribution is 5.71. The van der Waals surface area contributed by atoms with Gasteiger partial charge in [0.15, 0.2) is 13.2 Å². The number of nitrogens with zero attached hydrogens (tertiary/aromatic N) is 1. The van der Waals surface area contributed by atoms with E-state index in [-0.39, 0.29) is 13.2 Å². The van der Waals surface area contributed by atoms with Gasteiger partial charge in [0.1, 0.15) is 11.8 Å². The lowest BCUT2D eigenvalue weighted by atomic mass is 10.3. The normalized spacial score (nSPS) is 9.00. The van der Waals surface area contributed by atoms with E-state index < -0.39 is 5.97 Å². The molecule has 0 saturated heterocycles. The minimum Gasteiger partial charge on any atom is -0.480 e. The molecule has 5 heteroatoms. The molecular weight excluding hydrogens is 196 g/mol. The quantitative estimate of drug-likeness (QED) is 0.579. The molecule has 1 aromatic carbocycles. The maximum absolute atomic E-state index is 10.9. The largest absolute Gasteiger partial charge is 0.480 e. The van der Waals surface area contributed by atoms with Gasteiger partial charge in [-0.15, -0.1) is 0 Å². The molecule has 1 aromatic rings. The molecular formula is C10H10N2O3. The fraction of sp³-hybridized carbons (Fsp3) is 0.200. The van der Waals surface area contributed by atoms with Crippen molar-refractivity contribution in [2.75, 3.05) is 18.9 Å². The summed E-state index contributed by atoms with van der Waals surface area (Å²) in [5.41, 5.74) is 6.03. The number of hydrogen-bond donors (Lipinski definition) is 1. The van der Waals surface area contributed by atoms with Crippen molar-refractivity contribution in [1.82, 2.24) is 0 Å². The molecule has 2 N–H and O–H groups in total. The van der Waals surface area contributed by atoms with Crippen molar-refractivity contribution in [1.29, 1.82) is 5.26 Å². The maximum Gasteiger partial charge on any atom is 0.345 e. The van der Waals surface area contributed by atoms with Crippen LogP contribution in [0.5, 0.6) is 5.75 Å². The third-order valence-corrected chi connectivity index (χ3v) is 1.56. The van der Waals surface area contributed by atoms with E-state index in [1.54, 1.807) is 30.3 Å². The van der Waals surface area contributed by atoms with Crippen molar-refractivity contribution >= 4 is 11.7 Å². The number of esters is 1. The summed E-state index contributed by atoms with van der Waals surface area (Å²) in [5.74, 6) is -0.175. The number of carbonyl (C=O) groups is 1. The number of carbonyl (C=O) groups excluding carboxylic acids is 1. The Morgan fingerprint density at radius 2 is 2.20 bits per heavy atom. The van der Waals surface area contributed by atoms with Crippen LogP contribution < -0.4 is 10.5 Å². The molecule has 0 saturated carbocycles. The predicted octanol–water partition coefficient (Wildman–Crippen LogP) is 0.714. The van der Waals surface area contributed by atoms with Crippen LogP contribution in [0.15, 0.2) is 24.3 Å². The molecule has 0 spiro atoms. The number of hydrogen-bond acceptors (Lipinski definition) is 5.